The lowest BCUT2D eigenvalue weighted by molar-refractivity contribution is -0.138. The molecule has 0 unspecified atom stereocenters. The fraction of sp³-hybridized carbons (Fsp3) is 0.588. The normalized spacial score (nSPS) is 11.5. The van der Waals surface area contributed by atoms with Crippen LogP contribution in [0.5, 0.6) is 0 Å². The highest BCUT2D eigenvalue weighted by Gasteiger charge is 2.35. The SMILES string of the molecule is CCCCCCCCCOC(=O)c1cc(F)ccc1C(F)(F)F. The summed E-state index contributed by atoms with van der Waals surface area (Å²) < 4.78 is 56.4. The van der Waals surface area contributed by atoms with Gasteiger partial charge in [0, 0.05) is 0 Å². The Morgan fingerprint density at radius 1 is 1.04 bits per heavy atom. The van der Waals surface area contributed by atoms with Gasteiger partial charge in [-0.25, -0.2) is 9.18 Å². The molecule has 1 rings (SSSR count). The van der Waals surface area contributed by atoms with E-state index in [1.165, 1.54) is 6.42 Å². The molecule has 2 nitrogen and oxygen atoms in total. The van der Waals surface area contributed by atoms with Crippen molar-refractivity contribution in [3.05, 3.63) is 35.1 Å². The zero-order chi connectivity index (χ0) is 17.3. The van der Waals surface area contributed by atoms with Crippen LogP contribution in [-0.4, -0.2) is 12.6 Å². The van der Waals surface area contributed by atoms with E-state index >= 15 is 0 Å². The molecule has 0 saturated heterocycles. The third-order valence-corrected chi connectivity index (χ3v) is 3.49. The van der Waals surface area contributed by atoms with Crippen molar-refractivity contribution in [2.24, 2.45) is 0 Å². The van der Waals surface area contributed by atoms with Crippen molar-refractivity contribution in [1.29, 1.82) is 0 Å². The predicted molar refractivity (Wildman–Crippen MR) is 79.7 cm³/mol. The van der Waals surface area contributed by atoms with Crippen molar-refractivity contribution in [2.75, 3.05) is 6.61 Å². The standard InChI is InChI=1S/C17H22F4O2/c1-2-3-4-5-6-7-8-11-23-16(22)14-12-13(18)9-10-15(14)17(19,20)21/h9-10,12H,2-8,11H2,1H3. The molecule has 0 fully saturated rings. The third kappa shape index (κ3) is 7.01. The summed E-state index contributed by atoms with van der Waals surface area (Å²) in [5, 5.41) is 0. The van der Waals surface area contributed by atoms with Crippen LogP contribution in [0.1, 0.15) is 67.8 Å². The summed E-state index contributed by atoms with van der Waals surface area (Å²) in [5.74, 6) is -2.04. The van der Waals surface area contributed by atoms with E-state index in [0.29, 0.717) is 24.6 Å². The number of carbonyl (C=O) groups excluding carboxylic acids is 1. The second kappa shape index (κ2) is 9.53. The van der Waals surface area contributed by atoms with Crippen molar-refractivity contribution >= 4 is 5.97 Å². The Hall–Kier alpha value is -1.59. The molecule has 1 aromatic carbocycles. The molecule has 0 aliphatic rings. The minimum absolute atomic E-state index is 0.0421. The second-order valence-corrected chi connectivity index (χ2v) is 5.44. The summed E-state index contributed by atoms with van der Waals surface area (Å²) in [6.45, 7) is 2.17. The van der Waals surface area contributed by atoms with Crippen LogP contribution in [0.25, 0.3) is 0 Å². The molecule has 0 aliphatic carbocycles. The first-order valence-corrected chi connectivity index (χ1v) is 7.90. The van der Waals surface area contributed by atoms with Gasteiger partial charge >= 0.3 is 12.1 Å². The van der Waals surface area contributed by atoms with Crippen LogP contribution in [0.3, 0.4) is 0 Å². The minimum Gasteiger partial charge on any atom is -0.462 e. The quantitative estimate of drug-likeness (QED) is 0.326. The first kappa shape index (κ1) is 19.5. The van der Waals surface area contributed by atoms with Crippen molar-refractivity contribution in [2.45, 2.75) is 58.0 Å². The van der Waals surface area contributed by atoms with Gasteiger partial charge in [-0.3, -0.25) is 0 Å². The maximum absolute atomic E-state index is 13.1. The van der Waals surface area contributed by atoms with Crippen molar-refractivity contribution in [1.82, 2.24) is 0 Å². The maximum Gasteiger partial charge on any atom is 0.417 e. The molecule has 0 heterocycles. The highest BCUT2D eigenvalue weighted by atomic mass is 19.4. The molecular formula is C17H22F4O2. The summed E-state index contributed by atoms with van der Waals surface area (Å²) in [4.78, 5) is 11.7. The van der Waals surface area contributed by atoms with E-state index in [0.717, 1.165) is 32.1 Å². The molecule has 0 amide bonds. The van der Waals surface area contributed by atoms with E-state index in [9.17, 15) is 22.4 Å². The van der Waals surface area contributed by atoms with Gasteiger partial charge in [0.25, 0.3) is 0 Å². The first-order chi connectivity index (χ1) is 10.9. The highest BCUT2D eigenvalue weighted by molar-refractivity contribution is 5.91. The predicted octanol–water partition coefficient (Wildman–Crippen LogP) is 5.75. The number of benzene rings is 1. The zero-order valence-electron chi connectivity index (χ0n) is 13.2. The zero-order valence-corrected chi connectivity index (χ0v) is 13.2. The molecule has 130 valence electrons. The largest absolute Gasteiger partial charge is 0.462 e. The van der Waals surface area contributed by atoms with Gasteiger partial charge in [0.1, 0.15) is 5.82 Å². The number of esters is 1. The number of rotatable bonds is 9. The summed E-state index contributed by atoms with van der Waals surface area (Å²) >= 11 is 0. The molecule has 6 heteroatoms. The van der Waals surface area contributed by atoms with Gasteiger partial charge in [0.05, 0.1) is 17.7 Å². The number of alkyl halides is 3. The molecule has 0 saturated carbocycles. The average molecular weight is 334 g/mol. The topological polar surface area (TPSA) is 26.3 Å². The molecule has 0 atom stereocenters. The average Bonchev–Trinajstić information content (AvgIpc) is 2.48. The van der Waals surface area contributed by atoms with Crippen LogP contribution in [0, 0.1) is 5.82 Å². The number of hydrogen-bond donors (Lipinski definition) is 0. The number of carbonyl (C=O) groups is 1. The summed E-state index contributed by atoms with van der Waals surface area (Å²) in [6.07, 6.45) is 2.34. The number of halogens is 4. The van der Waals surface area contributed by atoms with Crippen molar-refractivity contribution < 1.29 is 27.1 Å². The summed E-state index contributed by atoms with van der Waals surface area (Å²) in [5.41, 5.74) is -1.95. The summed E-state index contributed by atoms with van der Waals surface area (Å²) in [6, 6.07) is 1.80. The lowest BCUT2D eigenvalue weighted by Gasteiger charge is -2.12. The van der Waals surface area contributed by atoms with Crippen LogP contribution >= 0.6 is 0 Å². The van der Waals surface area contributed by atoms with Gasteiger partial charge < -0.3 is 4.74 Å². The lowest BCUT2D eigenvalue weighted by Crippen LogP contribution is -2.16. The van der Waals surface area contributed by atoms with E-state index in [1.807, 2.05) is 0 Å². The van der Waals surface area contributed by atoms with Gasteiger partial charge in [-0.1, -0.05) is 45.4 Å². The van der Waals surface area contributed by atoms with E-state index in [1.54, 1.807) is 0 Å². The first-order valence-electron chi connectivity index (χ1n) is 7.90. The molecule has 23 heavy (non-hydrogen) atoms. The van der Waals surface area contributed by atoms with E-state index < -0.39 is 29.1 Å². The van der Waals surface area contributed by atoms with E-state index in [-0.39, 0.29) is 6.61 Å². The Kier molecular flexibility index (Phi) is 8.06. The van der Waals surface area contributed by atoms with Crippen LogP contribution in [0.15, 0.2) is 18.2 Å². The van der Waals surface area contributed by atoms with Crippen molar-refractivity contribution in [3.8, 4) is 0 Å². The molecule has 0 aromatic heterocycles. The Balaban J connectivity index is 2.45. The minimum atomic E-state index is -4.72. The van der Waals surface area contributed by atoms with Gasteiger partial charge in [0.15, 0.2) is 0 Å². The Bertz CT molecular complexity index is 498. The van der Waals surface area contributed by atoms with Gasteiger partial charge in [-0.15, -0.1) is 0 Å². The Morgan fingerprint density at radius 3 is 2.26 bits per heavy atom. The Labute approximate surface area is 133 Å². The molecule has 0 spiro atoms. The molecule has 0 bridgehead atoms. The van der Waals surface area contributed by atoms with Crippen LogP contribution in [-0.2, 0) is 10.9 Å². The van der Waals surface area contributed by atoms with Gasteiger partial charge in [-0.05, 0) is 24.6 Å². The highest BCUT2D eigenvalue weighted by Crippen LogP contribution is 2.32. The molecule has 1 aromatic rings. The smallest absolute Gasteiger partial charge is 0.417 e. The van der Waals surface area contributed by atoms with Gasteiger partial charge in [-0.2, -0.15) is 13.2 Å². The second-order valence-electron chi connectivity index (χ2n) is 5.44. The fourth-order valence-electron chi connectivity index (χ4n) is 2.23. The van der Waals surface area contributed by atoms with Crippen LogP contribution in [0.4, 0.5) is 17.6 Å². The Morgan fingerprint density at radius 2 is 1.65 bits per heavy atom. The third-order valence-electron chi connectivity index (χ3n) is 3.49. The maximum atomic E-state index is 13.1. The molecular weight excluding hydrogens is 312 g/mol. The van der Waals surface area contributed by atoms with E-state index in [4.69, 9.17) is 4.74 Å². The van der Waals surface area contributed by atoms with Crippen LogP contribution in [0.2, 0.25) is 0 Å². The van der Waals surface area contributed by atoms with Crippen LogP contribution < -0.4 is 0 Å². The molecule has 0 aliphatic heterocycles. The van der Waals surface area contributed by atoms with E-state index in [2.05, 4.69) is 6.92 Å². The fourth-order valence-corrected chi connectivity index (χ4v) is 2.23. The number of unbranched alkanes of at least 4 members (excludes halogenated alkanes) is 6. The van der Waals surface area contributed by atoms with Crippen molar-refractivity contribution in [3.63, 3.8) is 0 Å². The number of ether oxygens (including phenoxy) is 1. The van der Waals surface area contributed by atoms with Gasteiger partial charge in [0.2, 0.25) is 0 Å². The summed E-state index contributed by atoms with van der Waals surface area (Å²) in [7, 11) is 0. The molecule has 0 radical (unpaired) electrons. The monoisotopic (exact) mass is 334 g/mol. The number of hydrogen-bond acceptors (Lipinski definition) is 2. The molecule has 0 N–H and O–H groups in total. The lowest BCUT2D eigenvalue weighted by atomic mass is 10.1.